The number of benzene rings is 1. The smallest absolute Gasteiger partial charge is 0.0429 e. The zero-order chi connectivity index (χ0) is 14.0. The van der Waals surface area contributed by atoms with Crippen molar-refractivity contribution in [2.45, 2.75) is 46.0 Å². The number of rotatable bonds is 2. The van der Waals surface area contributed by atoms with Crippen LogP contribution in [0, 0.1) is 0 Å². The molecule has 1 aromatic heterocycles. The van der Waals surface area contributed by atoms with E-state index in [2.05, 4.69) is 76.0 Å². The van der Waals surface area contributed by atoms with Crippen molar-refractivity contribution in [1.29, 1.82) is 0 Å². The second-order valence-corrected chi connectivity index (χ2v) is 6.46. The van der Waals surface area contributed by atoms with E-state index in [1.54, 1.807) is 0 Å². The summed E-state index contributed by atoms with van der Waals surface area (Å²) < 4.78 is 0. The summed E-state index contributed by atoms with van der Waals surface area (Å²) in [5.74, 6) is 0.481. The molecule has 19 heavy (non-hydrogen) atoms. The standard InChI is InChI=1S/C18H23N/c1-13(2)17-10-9-15(12-19-17)14-7-6-8-16(11-14)18(3,4)5/h6-13H,1-5H3. The number of hydrogen-bond acceptors (Lipinski definition) is 1. The van der Waals surface area contributed by atoms with Crippen molar-refractivity contribution >= 4 is 0 Å². The summed E-state index contributed by atoms with van der Waals surface area (Å²) in [6.07, 6.45) is 1.98. The van der Waals surface area contributed by atoms with E-state index in [0.717, 1.165) is 5.69 Å². The third-order valence-electron chi connectivity index (χ3n) is 3.44. The Kier molecular flexibility index (Phi) is 3.75. The first kappa shape index (κ1) is 13.8. The lowest BCUT2D eigenvalue weighted by Gasteiger charge is -2.19. The third kappa shape index (κ3) is 3.23. The van der Waals surface area contributed by atoms with Crippen molar-refractivity contribution in [2.24, 2.45) is 0 Å². The molecule has 1 aromatic carbocycles. The largest absolute Gasteiger partial charge is 0.260 e. The fraction of sp³-hybridized carbons (Fsp3) is 0.389. The van der Waals surface area contributed by atoms with Crippen LogP contribution in [0.15, 0.2) is 42.6 Å². The van der Waals surface area contributed by atoms with E-state index in [9.17, 15) is 0 Å². The van der Waals surface area contributed by atoms with E-state index in [4.69, 9.17) is 0 Å². The van der Waals surface area contributed by atoms with Crippen molar-refractivity contribution in [3.63, 3.8) is 0 Å². The van der Waals surface area contributed by atoms with Crippen LogP contribution >= 0.6 is 0 Å². The average Bonchev–Trinajstić information content (AvgIpc) is 2.38. The maximum absolute atomic E-state index is 4.55. The molecule has 2 rings (SSSR count). The van der Waals surface area contributed by atoms with Crippen LogP contribution in [-0.2, 0) is 5.41 Å². The Hall–Kier alpha value is -1.63. The zero-order valence-electron chi connectivity index (χ0n) is 12.6. The lowest BCUT2D eigenvalue weighted by molar-refractivity contribution is 0.590. The van der Waals surface area contributed by atoms with E-state index in [1.807, 2.05) is 6.20 Å². The predicted molar refractivity (Wildman–Crippen MR) is 82.5 cm³/mol. The van der Waals surface area contributed by atoms with Gasteiger partial charge in [0.05, 0.1) is 0 Å². The first-order valence-corrected chi connectivity index (χ1v) is 6.95. The number of pyridine rings is 1. The van der Waals surface area contributed by atoms with Crippen molar-refractivity contribution in [1.82, 2.24) is 4.98 Å². The highest BCUT2D eigenvalue weighted by atomic mass is 14.7. The van der Waals surface area contributed by atoms with Gasteiger partial charge in [-0.1, -0.05) is 65.0 Å². The van der Waals surface area contributed by atoms with E-state index in [0.29, 0.717) is 5.92 Å². The highest BCUT2D eigenvalue weighted by Gasteiger charge is 2.14. The Morgan fingerprint density at radius 2 is 1.68 bits per heavy atom. The van der Waals surface area contributed by atoms with Crippen molar-refractivity contribution < 1.29 is 0 Å². The minimum Gasteiger partial charge on any atom is -0.260 e. The summed E-state index contributed by atoms with van der Waals surface area (Å²) in [6, 6.07) is 13.0. The first-order valence-electron chi connectivity index (χ1n) is 6.95. The summed E-state index contributed by atoms with van der Waals surface area (Å²) in [4.78, 5) is 4.55. The lowest BCUT2D eigenvalue weighted by Crippen LogP contribution is -2.10. The van der Waals surface area contributed by atoms with Gasteiger partial charge in [0, 0.05) is 17.5 Å². The second-order valence-electron chi connectivity index (χ2n) is 6.46. The highest BCUT2D eigenvalue weighted by Crippen LogP contribution is 2.27. The van der Waals surface area contributed by atoms with Gasteiger partial charge in [-0.2, -0.15) is 0 Å². The Morgan fingerprint density at radius 1 is 0.947 bits per heavy atom. The molecule has 2 aromatic rings. The fourth-order valence-electron chi connectivity index (χ4n) is 2.08. The van der Waals surface area contributed by atoms with Crippen molar-refractivity contribution in [3.05, 3.63) is 53.9 Å². The molecule has 0 saturated heterocycles. The SMILES string of the molecule is CC(C)c1ccc(-c2cccc(C(C)(C)C)c2)cn1. The number of hydrogen-bond donors (Lipinski definition) is 0. The molecule has 0 amide bonds. The van der Waals surface area contributed by atoms with Crippen molar-refractivity contribution in [3.8, 4) is 11.1 Å². The van der Waals surface area contributed by atoms with Gasteiger partial charge in [0.1, 0.15) is 0 Å². The second kappa shape index (κ2) is 5.16. The molecule has 0 spiro atoms. The average molecular weight is 253 g/mol. The molecule has 0 aliphatic rings. The molecule has 0 saturated carbocycles. The van der Waals surface area contributed by atoms with Crippen LogP contribution in [0.3, 0.4) is 0 Å². The molecule has 100 valence electrons. The molecule has 0 atom stereocenters. The predicted octanol–water partition coefficient (Wildman–Crippen LogP) is 5.17. The van der Waals surface area contributed by atoms with E-state index < -0.39 is 0 Å². The molecule has 1 nitrogen and oxygen atoms in total. The molecule has 0 N–H and O–H groups in total. The molecule has 0 aliphatic carbocycles. The quantitative estimate of drug-likeness (QED) is 0.719. The molecule has 0 fully saturated rings. The van der Waals surface area contributed by atoms with Gasteiger partial charge in [0.15, 0.2) is 0 Å². The molecular formula is C18H23N. The number of aromatic nitrogens is 1. The maximum Gasteiger partial charge on any atom is 0.0429 e. The van der Waals surface area contributed by atoms with Crippen LogP contribution in [0.2, 0.25) is 0 Å². The van der Waals surface area contributed by atoms with Crippen LogP contribution < -0.4 is 0 Å². The van der Waals surface area contributed by atoms with Crippen LogP contribution in [0.5, 0.6) is 0 Å². The summed E-state index contributed by atoms with van der Waals surface area (Å²) in [6.45, 7) is 11.1. The van der Waals surface area contributed by atoms with Gasteiger partial charge in [-0.3, -0.25) is 4.98 Å². The lowest BCUT2D eigenvalue weighted by atomic mass is 9.85. The summed E-state index contributed by atoms with van der Waals surface area (Å²) in [7, 11) is 0. The molecule has 0 unspecified atom stereocenters. The Morgan fingerprint density at radius 3 is 2.21 bits per heavy atom. The van der Waals surface area contributed by atoms with E-state index in [-0.39, 0.29) is 5.41 Å². The minimum atomic E-state index is 0.182. The minimum absolute atomic E-state index is 0.182. The molecule has 0 radical (unpaired) electrons. The molecule has 0 aliphatic heterocycles. The van der Waals surface area contributed by atoms with Crippen LogP contribution in [-0.4, -0.2) is 4.98 Å². The Labute approximate surface area is 116 Å². The molecule has 0 bridgehead atoms. The third-order valence-corrected chi connectivity index (χ3v) is 3.44. The van der Waals surface area contributed by atoms with E-state index in [1.165, 1.54) is 16.7 Å². The van der Waals surface area contributed by atoms with Gasteiger partial charge in [-0.05, 0) is 28.5 Å². The van der Waals surface area contributed by atoms with Crippen LogP contribution in [0.1, 0.15) is 51.8 Å². The van der Waals surface area contributed by atoms with Gasteiger partial charge in [0.2, 0.25) is 0 Å². The zero-order valence-corrected chi connectivity index (χ0v) is 12.6. The van der Waals surface area contributed by atoms with Gasteiger partial charge in [-0.25, -0.2) is 0 Å². The van der Waals surface area contributed by atoms with Gasteiger partial charge >= 0.3 is 0 Å². The van der Waals surface area contributed by atoms with Gasteiger partial charge in [0.25, 0.3) is 0 Å². The summed E-state index contributed by atoms with van der Waals surface area (Å²) >= 11 is 0. The summed E-state index contributed by atoms with van der Waals surface area (Å²) in [5, 5.41) is 0. The number of nitrogens with zero attached hydrogens (tertiary/aromatic N) is 1. The molecule has 1 heterocycles. The van der Waals surface area contributed by atoms with Crippen molar-refractivity contribution in [2.75, 3.05) is 0 Å². The Bertz CT molecular complexity index is 545. The molecular weight excluding hydrogens is 230 g/mol. The fourth-order valence-corrected chi connectivity index (χ4v) is 2.08. The summed E-state index contributed by atoms with van der Waals surface area (Å²) in [5.41, 5.74) is 5.13. The first-order chi connectivity index (χ1) is 8.88. The Balaban J connectivity index is 2.37. The normalized spacial score (nSPS) is 11.9. The van der Waals surface area contributed by atoms with Gasteiger partial charge in [-0.15, -0.1) is 0 Å². The van der Waals surface area contributed by atoms with Crippen LogP contribution in [0.25, 0.3) is 11.1 Å². The molecule has 1 heteroatoms. The van der Waals surface area contributed by atoms with Crippen LogP contribution in [0.4, 0.5) is 0 Å². The van der Waals surface area contributed by atoms with Gasteiger partial charge < -0.3 is 0 Å². The monoisotopic (exact) mass is 253 g/mol. The van der Waals surface area contributed by atoms with E-state index >= 15 is 0 Å². The highest BCUT2D eigenvalue weighted by molar-refractivity contribution is 5.63. The maximum atomic E-state index is 4.55. The topological polar surface area (TPSA) is 12.9 Å².